The minimum atomic E-state index is -0.294. The second-order valence-electron chi connectivity index (χ2n) is 3.52. The largest absolute Gasteiger partial charge is 0.309 e. The molecule has 1 atom stereocenters. The van der Waals surface area contributed by atoms with Crippen molar-refractivity contribution < 1.29 is 4.39 Å². The molecule has 1 unspecified atom stereocenters. The molecule has 2 rings (SSSR count). The van der Waals surface area contributed by atoms with E-state index in [1.165, 1.54) is 6.07 Å². The summed E-state index contributed by atoms with van der Waals surface area (Å²) in [6.45, 7) is 0. The molecule has 0 saturated carbocycles. The van der Waals surface area contributed by atoms with E-state index in [0.29, 0.717) is 10.6 Å². The lowest BCUT2D eigenvalue weighted by molar-refractivity contribution is 0.579. The average molecular weight is 335 g/mol. The molecule has 0 saturated heterocycles. The van der Waals surface area contributed by atoms with E-state index in [4.69, 9.17) is 11.6 Å². The average Bonchev–Trinajstić information content (AvgIpc) is 2.69. The van der Waals surface area contributed by atoms with Gasteiger partial charge in [-0.3, -0.25) is 0 Å². The molecule has 0 radical (unpaired) electrons. The number of hydrogen-bond donors (Lipinski definition) is 1. The van der Waals surface area contributed by atoms with E-state index in [1.54, 1.807) is 23.5 Å². The number of benzene rings is 1. The molecule has 0 aliphatic carbocycles. The molecule has 5 heteroatoms. The van der Waals surface area contributed by atoms with Crippen molar-refractivity contribution in [3.63, 3.8) is 0 Å². The first kappa shape index (κ1) is 13.0. The van der Waals surface area contributed by atoms with Crippen LogP contribution < -0.4 is 5.32 Å². The van der Waals surface area contributed by atoms with E-state index in [-0.39, 0.29) is 11.9 Å². The van der Waals surface area contributed by atoms with E-state index in [9.17, 15) is 4.39 Å². The van der Waals surface area contributed by atoms with E-state index in [0.717, 1.165) is 9.35 Å². The first-order valence-electron chi connectivity index (χ1n) is 4.98. The van der Waals surface area contributed by atoms with Gasteiger partial charge in [0.25, 0.3) is 0 Å². The molecule has 2 aromatic rings. The second kappa shape index (κ2) is 5.48. The maximum Gasteiger partial charge on any atom is 0.129 e. The maximum atomic E-state index is 13.9. The highest BCUT2D eigenvalue weighted by molar-refractivity contribution is 9.10. The van der Waals surface area contributed by atoms with Gasteiger partial charge >= 0.3 is 0 Å². The first-order chi connectivity index (χ1) is 8.13. The van der Waals surface area contributed by atoms with Crippen molar-refractivity contribution in [3.8, 4) is 0 Å². The lowest BCUT2D eigenvalue weighted by Crippen LogP contribution is -2.18. The van der Waals surface area contributed by atoms with Crippen molar-refractivity contribution in [2.45, 2.75) is 6.04 Å². The summed E-state index contributed by atoms with van der Waals surface area (Å²) in [7, 11) is 1.81. The van der Waals surface area contributed by atoms with Gasteiger partial charge in [-0.2, -0.15) is 0 Å². The first-order valence-corrected chi connectivity index (χ1v) is 7.03. The monoisotopic (exact) mass is 333 g/mol. The fourth-order valence-corrected chi connectivity index (χ4v) is 3.56. The van der Waals surface area contributed by atoms with Gasteiger partial charge in [0, 0.05) is 19.9 Å². The lowest BCUT2D eigenvalue weighted by atomic mass is 10.1. The maximum absolute atomic E-state index is 13.9. The highest BCUT2D eigenvalue weighted by Crippen LogP contribution is 2.34. The van der Waals surface area contributed by atoms with Gasteiger partial charge in [0.15, 0.2) is 0 Å². The second-order valence-corrected chi connectivity index (χ2v) is 5.76. The van der Waals surface area contributed by atoms with Crippen LogP contribution in [0.5, 0.6) is 0 Å². The van der Waals surface area contributed by atoms with Crippen molar-refractivity contribution in [1.82, 2.24) is 5.32 Å². The van der Waals surface area contributed by atoms with Gasteiger partial charge < -0.3 is 5.32 Å². The molecule has 1 aromatic carbocycles. The Morgan fingerprint density at radius 3 is 2.71 bits per heavy atom. The van der Waals surface area contributed by atoms with E-state index >= 15 is 0 Å². The predicted octanol–water partition coefficient (Wildman–Crippen LogP) is 4.61. The van der Waals surface area contributed by atoms with Crippen molar-refractivity contribution in [2.75, 3.05) is 7.05 Å². The summed E-state index contributed by atoms with van der Waals surface area (Å²) >= 11 is 10.8. The molecule has 1 nitrogen and oxygen atoms in total. The molecule has 1 N–H and O–H groups in total. The third-order valence-electron chi connectivity index (χ3n) is 2.47. The predicted molar refractivity (Wildman–Crippen MR) is 74.3 cm³/mol. The van der Waals surface area contributed by atoms with E-state index < -0.39 is 0 Å². The van der Waals surface area contributed by atoms with Gasteiger partial charge in [-0.15, -0.1) is 11.3 Å². The Bertz CT molecular complexity index is 529. The van der Waals surface area contributed by atoms with Crippen LogP contribution in [0.3, 0.4) is 0 Å². The summed E-state index contributed by atoms with van der Waals surface area (Å²) in [5.41, 5.74) is 0.597. The fourth-order valence-electron chi connectivity index (χ4n) is 1.67. The van der Waals surface area contributed by atoms with Crippen LogP contribution in [0.25, 0.3) is 0 Å². The SMILES string of the molecule is CNC(c1ccc(Cl)cc1F)c1sccc1Br. The highest BCUT2D eigenvalue weighted by atomic mass is 79.9. The van der Waals surface area contributed by atoms with E-state index in [2.05, 4.69) is 21.2 Å². The molecule has 0 aliphatic heterocycles. The third-order valence-corrected chi connectivity index (χ3v) is 4.64. The van der Waals surface area contributed by atoms with Crippen LogP contribution in [-0.4, -0.2) is 7.05 Å². The summed E-state index contributed by atoms with van der Waals surface area (Å²) in [6.07, 6.45) is 0. The molecule has 0 fully saturated rings. The van der Waals surface area contributed by atoms with Gasteiger partial charge in [-0.05, 0) is 46.6 Å². The zero-order valence-electron chi connectivity index (χ0n) is 9.01. The standard InChI is InChI=1S/C12H10BrClFNS/c1-16-11(12-9(13)4-5-17-12)8-3-2-7(14)6-10(8)15/h2-6,11,16H,1H3. The molecular weight excluding hydrogens is 325 g/mol. The minimum absolute atomic E-state index is 0.165. The van der Waals surface area contributed by atoms with E-state index in [1.807, 2.05) is 18.5 Å². The van der Waals surface area contributed by atoms with Gasteiger partial charge in [-0.25, -0.2) is 4.39 Å². The minimum Gasteiger partial charge on any atom is -0.309 e. The summed E-state index contributed by atoms with van der Waals surface area (Å²) in [5, 5.41) is 5.50. The molecule has 1 aromatic heterocycles. The topological polar surface area (TPSA) is 12.0 Å². The van der Waals surface area contributed by atoms with Crippen molar-refractivity contribution in [3.05, 3.63) is 55.4 Å². The number of hydrogen-bond acceptors (Lipinski definition) is 2. The molecule has 0 amide bonds. The third kappa shape index (κ3) is 2.71. The molecule has 17 heavy (non-hydrogen) atoms. The fraction of sp³-hybridized carbons (Fsp3) is 0.167. The smallest absolute Gasteiger partial charge is 0.129 e. The Morgan fingerprint density at radius 2 is 2.18 bits per heavy atom. The molecule has 1 heterocycles. The quantitative estimate of drug-likeness (QED) is 0.864. The Balaban J connectivity index is 2.46. The number of thiophene rings is 1. The number of rotatable bonds is 3. The molecule has 0 bridgehead atoms. The van der Waals surface area contributed by atoms with Gasteiger partial charge in [-0.1, -0.05) is 17.7 Å². The summed E-state index contributed by atoms with van der Waals surface area (Å²) in [5.74, 6) is -0.294. The molecule has 90 valence electrons. The lowest BCUT2D eigenvalue weighted by Gasteiger charge is -2.16. The molecule has 0 spiro atoms. The normalized spacial score (nSPS) is 12.7. The van der Waals surface area contributed by atoms with Crippen LogP contribution in [0.15, 0.2) is 34.1 Å². The highest BCUT2D eigenvalue weighted by Gasteiger charge is 2.19. The van der Waals surface area contributed by atoms with Crippen LogP contribution >= 0.6 is 38.9 Å². The summed E-state index contributed by atoms with van der Waals surface area (Å²) < 4.78 is 14.9. The van der Waals surface area contributed by atoms with Crippen LogP contribution in [0.2, 0.25) is 5.02 Å². The number of nitrogens with one attached hydrogen (secondary N) is 1. The Kier molecular flexibility index (Phi) is 4.20. The van der Waals surface area contributed by atoms with Gasteiger partial charge in [0.05, 0.1) is 6.04 Å². The van der Waals surface area contributed by atoms with Crippen molar-refractivity contribution in [2.24, 2.45) is 0 Å². The summed E-state index contributed by atoms with van der Waals surface area (Å²) in [4.78, 5) is 1.05. The van der Waals surface area contributed by atoms with Crippen LogP contribution in [0, 0.1) is 5.82 Å². The number of halogens is 3. The van der Waals surface area contributed by atoms with Crippen LogP contribution in [0.4, 0.5) is 4.39 Å². The van der Waals surface area contributed by atoms with Gasteiger partial charge in [0.2, 0.25) is 0 Å². The van der Waals surface area contributed by atoms with Gasteiger partial charge in [0.1, 0.15) is 5.82 Å². The Labute approximate surface area is 117 Å². The Hall–Kier alpha value is -0.420. The molecular formula is C12H10BrClFNS. The summed E-state index contributed by atoms with van der Waals surface area (Å²) in [6, 6.07) is 6.54. The van der Waals surface area contributed by atoms with Crippen LogP contribution in [-0.2, 0) is 0 Å². The zero-order chi connectivity index (χ0) is 12.4. The Morgan fingerprint density at radius 1 is 1.41 bits per heavy atom. The zero-order valence-corrected chi connectivity index (χ0v) is 12.2. The van der Waals surface area contributed by atoms with Crippen LogP contribution in [0.1, 0.15) is 16.5 Å². The van der Waals surface area contributed by atoms with Crippen molar-refractivity contribution >= 4 is 38.9 Å². The molecule has 0 aliphatic rings. The van der Waals surface area contributed by atoms with Crippen molar-refractivity contribution in [1.29, 1.82) is 0 Å².